The summed E-state index contributed by atoms with van der Waals surface area (Å²) >= 11 is 0. The van der Waals surface area contributed by atoms with Gasteiger partial charge < -0.3 is 20.9 Å². The van der Waals surface area contributed by atoms with Crippen molar-refractivity contribution in [1.82, 2.24) is 10.2 Å². The van der Waals surface area contributed by atoms with Crippen LogP contribution in [-0.2, 0) is 9.53 Å². The summed E-state index contributed by atoms with van der Waals surface area (Å²) < 4.78 is 7.29. The molecule has 1 spiro atoms. The lowest BCUT2D eigenvalue weighted by Gasteiger charge is -2.49. The largest absolute Gasteiger partial charge is 0.393 e. The minimum Gasteiger partial charge on any atom is -0.393 e. The zero-order chi connectivity index (χ0) is 28.9. The molecule has 0 aromatic heterocycles. The number of rotatable bonds is 8. The standard InChI is InChI=1S/C35H57N3O3/c1-22-18-31-33(38(21-22)17-16-37-32(40)8-6-5-7-15-36)24(3)35(41-31)14-12-27-28-10-9-25-19-26(39)11-13-34(25,4)30(28)20-29(27)23(35)2/h9,22,24,26-28,30-31,33,39H,5-8,10-21,36H2,1-4H3,(H,37,40)/t22-,24+,26?,27-,28-,30-,31+,33-,34-,35-/m0/s1. The number of fused-ring (bicyclic) bond motifs is 6. The lowest BCUT2D eigenvalue weighted by Crippen LogP contribution is -2.54. The van der Waals surface area contributed by atoms with Gasteiger partial charge in [0.2, 0.25) is 5.91 Å². The molecule has 0 bridgehead atoms. The van der Waals surface area contributed by atoms with E-state index in [1.54, 1.807) is 16.7 Å². The van der Waals surface area contributed by atoms with Gasteiger partial charge in [0.25, 0.3) is 0 Å². The first-order valence-electron chi connectivity index (χ1n) is 17.1. The Hall–Kier alpha value is -1.21. The number of hydrogen-bond donors (Lipinski definition) is 3. The minimum atomic E-state index is -0.144. The molecular formula is C35H57N3O3. The molecule has 6 nitrogen and oxygen atoms in total. The second-order valence-corrected chi connectivity index (χ2v) is 15.2. The maximum Gasteiger partial charge on any atom is 0.220 e. The van der Waals surface area contributed by atoms with Crippen molar-refractivity contribution in [3.63, 3.8) is 0 Å². The second kappa shape index (κ2) is 11.7. The molecule has 4 N–H and O–H groups in total. The lowest BCUT2D eigenvalue weighted by atomic mass is 9.56. The molecule has 2 saturated carbocycles. The number of hydrogen-bond acceptors (Lipinski definition) is 5. The molecule has 6 aliphatic rings. The van der Waals surface area contributed by atoms with Crippen molar-refractivity contribution in [1.29, 1.82) is 0 Å². The van der Waals surface area contributed by atoms with Gasteiger partial charge in [0.1, 0.15) is 0 Å². The van der Waals surface area contributed by atoms with E-state index in [0.717, 1.165) is 82.8 Å². The molecular weight excluding hydrogens is 510 g/mol. The molecule has 2 heterocycles. The number of carbonyl (C=O) groups excluding carboxylic acids is 1. The molecule has 41 heavy (non-hydrogen) atoms. The van der Waals surface area contributed by atoms with Crippen LogP contribution < -0.4 is 11.1 Å². The van der Waals surface area contributed by atoms with E-state index in [-0.39, 0.29) is 29.1 Å². The van der Waals surface area contributed by atoms with Crippen LogP contribution in [-0.4, -0.2) is 65.9 Å². The van der Waals surface area contributed by atoms with Crippen molar-refractivity contribution in [2.75, 3.05) is 26.2 Å². The number of likely N-dealkylation sites (tertiary alicyclic amines) is 1. The summed E-state index contributed by atoms with van der Waals surface area (Å²) in [5.74, 6) is 3.43. The topological polar surface area (TPSA) is 87.8 Å². The summed E-state index contributed by atoms with van der Waals surface area (Å²) in [5, 5.41) is 13.6. The predicted octanol–water partition coefficient (Wildman–Crippen LogP) is 5.35. The third-order valence-corrected chi connectivity index (χ3v) is 12.9. The number of piperidine rings is 1. The average Bonchev–Trinajstić information content (AvgIpc) is 3.46. The van der Waals surface area contributed by atoms with E-state index < -0.39 is 0 Å². The molecule has 1 amide bonds. The SMILES string of the molecule is CC1=C2C[C@H]3[C@@H](CC=C4CC(O)CC[C@@]43C)[C@@H]2CC[C@]12O[C@@H]1C[C@H](C)CN(CCNC(=O)CCCCCN)[C@H]1[C@H]2C. The first kappa shape index (κ1) is 29.8. The third-order valence-electron chi connectivity index (χ3n) is 12.9. The summed E-state index contributed by atoms with van der Waals surface area (Å²) in [5.41, 5.74) is 10.6. The summed E-state index contributed by atoms with van der Waals surface area (Å²) in [7, 11) is 0. The van der Waals surface area contributed by atoms with Gasteiger partial charge in [-0.15, -0.1) is 0 Å². The zero-order valence-electron chi connectivity index (χ0n) is 26.3. The molecule has 2 saturated heterocycles. The van der Waals surface area contributed by atoms with Gasteiger partial charge in [-0.2, -0.15) is 0 Å². The normalized spacial score (nSPS) is 43.8. The molecule has 230 valence electrons. The van der Waals surface area contributed by atoms with Gasteiger partial charge in [0.15, 0.2) is 0 Å². The van der Waals surface area contributed by atoms with E-state index >= 15 is 0 Å². The highest BCUT2D eigenvalue weighted by molar-refractivity contribution is 5.75. The molecule has 6 heteroatoms. The third kappa shape index (κ3) is 5.17. The van der Waals surface area contributed by atoms with Gasteiger partial charge in [-0.1, -0.05) is 44.4 Å². The molecule has 6 rings (SSSR count). The summed E-state index contributed by atoms with van der Waals surface area (Å²) in [6, 6.07) is 0.425. The second-order valence-electron chi connectivity index (χ2n) is 15.2. The predicted molar refractivity (Wildman–Crippen MR) is 164 cm³/mol. The monoisotopic (exact) mass is 567 g/mol. The van der Waals surface area contributed by atoms with E-state index in [9.17, 15) is 9.90 Å². The number of ether oxygens (including phenoxy) is 1. The first-order chi connectivity index (χ1) is 19.7. The number of aliphatic hydroxyl groups excluding tert-OH is 1. The van der Waals surface area contributed by atoms with Gasteiger partial charge >= 0.3 is 0 Å². The number of nitrogens with zero attached hydrogens (tertiary/aromatic N) is 1. The summed E-state index contributed by atoms with van der Waals surface area (Å²) in [6.07, 6.45) is 15.2. The van der Waals surface area contributed by atoms with E-state index in [1.807, 2.05) is 0 Å². The van der Waals surface area contributed by atoms with Crippen molar-refractivity contribution in [2.24, 2.45) is 40.7 Å². The van der Waals surface area contributed by atoms with Gasteiger partial charge in [0, 0.05) is 38.0 Å². The highest BCUT2D eigenvalue weighted by Gasteiger charge is 2.61. The van der Waals surface area contributed by atoms with Crippen LogP contribution in [0.1, 0.15) is 105 Å². The Labute approximate surface area is 248 Å². The Bertz CT molecular complexity index is 1060. The van der Waals surface area contributed by atoms with Gasteiger partial charge in [0.05, 0.1) is 17.8 Å². The van der Waals surface area contributed by atoms with Gasteiger partial charge in [-0.25, -0.2) is 0 Å². The first-order valence-corrected chi connectivity index (χ1v) is 17.1. The maximum absolute atomic E-state index is 12.4. The molecule has 0 aromatic carbocycles. The van der Waals surface area contributed by atoms with Crippen molar-refractivity contribution in [3.05, 3.63) is 22.8 Å². The fourth-order valence-corrected chi connectivity index (χ4v) is 10.8. The number of nitrogens with two attached hydrogens (primary N) is 1. The minimum absolute atomic E-state index is 0.136. The molecule has 10 atom stereocenters. The van der Waals surface area contributed by atoms with Crippen LogP contribution in [0.3, 0.4) is 0 Å². The van der Waals surface area contributed by atoms with Crippen LogP contribution in [0, 0.1) is 35.0 Å². The highest BCUT2D eigenvalue weighted by Crippen LogP contribution is 2.65. The van der Waals surface area contributed by atoms with Crippen LogP contribution in [0.25, 0.3) is 0 Å². The number of carbonyl (C=O) groups is 1. The van der Waals surface area contributed by atoms with E-state index in [2.05, 4.69) is 44.0 Å². The van der Waals surface area contributed by atoms with Crippen molar-refractivity contribution < 1.29 is 14.6 Å². The smallest absolute Gasteiger partial charge is 0.220 e. The van der Waals surface area contributed by atoms with Crippen LogP contribution in [0.2, 0.25) is 0 Å². The van der Waals surface area contributed by atoms with E-state index in [0.29, 0.717) is 36.8 Å². The van der Waals surface area contributed by atoms with E-state index in [4.69, 9.17) is 10.5 Å². The van der Waals surface area contributed by atoms with Gasteiger partial charge in [-0.3, -0.25) is 9.69 Å². The molecule has 4 aliphatic carbocycles. The highest BCUT2D eigenvalue weighted by atomic mass is 16.5. The summed E-state index contributed by atoms with van der Waals surface area (Å²) in [6.45, 7) is 13.2. The van der Waals surface area contributed by atoms with Crippen LogP contribution in [0.4, 0.5) is 0 Å². The number of amides is 1. The fourth-order valence-electron chi connectivity index (χ4n) is 10.8. The number of nitrogens with one attached hydrogen (secondary N) is 1. The summed E-state index contributed by atoms with van der Waals surface area (Å²) in [4.78, 5) is 15.1. The van der Waals surface area contributed by atoms with Gasteiger partial charge in [-0.05, 0) is 112 Å². The zero-order valence-corrected chi connectivity index (χ0v) is 26.3. The molecule has 0 radical (unpaired) electrons. The Morgan fingerprint density at radius 3 is 2.83 bits per heavy atom. The fraction of sp³-hybridized carbons (Fsp3) is 0.857. The van der Waals surface area contributed by atoms with Crippen LogP contribution >= 0.6 is 0 Å². The number of aliphatic hydroxyl groups is 1. The molecule has 1 unspecified atom stereocenters. The number of unbranched alkanes of at least 4 members (excludes halogenated alkanes) is 2. The Morgan fingerprint density at radius 1 is 1.20 bits per heavy atom. The van der Waals surface area contributed by atoms with E-state index in [1.165, 1.54) is 19.3 Å². The Balaban J connectivity index is 1.16. The Kier molecular flexibility index (Phi) is 8.52. The molecule has 0 aromatic rings. The number of allylic oxidation sites excluding steroid dienone is 2. The Morgan fingerprint density at radius 2 is 2.02 bits per heavy atom. The average molecular weight is 568 g/mol. The van der Waals surface area contributed by atoms with Crippen molar-refractivity contribution >= 4 is 5.91 Å². The quantitative estimate of drug-likeness (QED) is 0.272. The lowest BCUT2D eigenvalue weighted by molar-refractivity contribution is -0.121. The van der Waals surface area contributed by atoms with Crippen LogP contribution in [0.5, 0.6) is 0 Å². The maximum atomic E-state index is 12.4. The van der Waals surface area contributed by atoms with Crippen LogP contribution in [0.15, 0.2) is 22.8 Å². The molecule has 2 aliphatic heterocycles. The molecule has 4 fully saturated rings. The van der Waals surface area contributed by atoms with Crippen molar-refractivity contribution in [3.8, 4) is 0 Å². The van der Waals surface area contributed by atoms with Crippen molar-refractivity contribution in [2.45, 2.75) is 129 Å².